The first-order valence-corrected chi connectivity index (χ1v) is 8.61. The minimum Gasteiger partial charge on any atom is -0.465 e. The molecule has 11 heteroatoms. The molecule has 0 amide bonds. The molecular formula is C17H12Cl3F3O5. The summed E-state index contributed by atoms with van der Waals surface area (Å²) in [7, 11) is 1.09. The van der Waals surface area contributed by atoms with Crippen LogP contribution in [-0.4, -0.2) is 30.1 Å². The average molecular weight is 460 g/mol. The molecule has 0 saturated heterocycles. The van der Waals surface area contributed by atoms with E-state index in [1.165, 1.54) is 6.92 Å². The van der Waals surface area contributed by atoms with Crippen LogP contribution in [0.5, 0.6) is 0 Å². The fourth-order valence-corrected chi connectivity index (χ4v) is 3.01. The summed E-state index contributed by atoms with van der Waals surface area (Å²) in [6.07, 6.45) is -6.71. The van der Waals surface area contributed by atoms with Gasteiger partial charge in [0.25, 0.3) is 0 Å². The minimum atomic E-state index is -5.27. The van der Waals surface area contributed by atoms with Crippen LogP contribution in [0.25, 0.3) is 0 Å². The number of methoxy groups -OCH3 is 1. The molecule has 2 rings (SSSR count). The molecule has 1 atom stereocenters. The van der Waals surface area contributed by atoms with E-state index in [0.29, 0.717) is 0 Å². The maximum Gasteiger partial charge on any atom is 0.421 e. The summed E-state index contributed by atoms with van der Waals surface area (Å²) in [4.78, 5) is 24.0. The molecule has 0 fully saturated rings. The number of ether oxygens (including phenoxy) is 1. The van der Waals surface area contributed by atoms with Gasteiger partial charge in [-0.2, -0.15) is 13.2 Å². The fourth-order valence-electron chi connectivity index (χ4n) is 2.41. The lowest BCUT2D eigenvalue weighted by atomic mass is 9.87. The van der Waals surface area contributed by atoms with Crippen molar-refractivity contribution in [3.05, 3.63) is 55.9 Å². The number of carbonyl (C=O) groups excluding carboxylic acids is 2. The second-order valence-electron chi connectivity index (χ2n) is 5.78. The maximum atomic E-state index is 13.7. The van der Waals surface area contributed by atoms with Crippen molar-refractivity contribution in [1.29, 1.82) is 0 Å². The highest BCUT2D eigenvalue weighted by molar-refractivity contribution is 6.48. The molecule has 1 N–H and O–H groups in total. The average Bonchev–Trinajstić information content (AvgIpc) is 2.99. The van der Waals surface area contributed by atoms with Gasteiger partial charge in [0.1, 0.15) is 11.3 Å². The Kier molecular flexibility index (Phi) is 6.40. The number of halogens is 6. The molecule has 1 heterocycles. The van der Waals surface area contributed by atoms with Gasteiger partial charge in [0.15, 0.2) is 11.4 Å². The van der Waals surface area contributed by atoms with Crippen molar-refractivity contribution in [3.63, 3.8) is 0 Å². The predicted octanol–water partition coefficient (Wildman–Crippen LogP) is 5.36. The van der Waals surface area contributed by atoms with Crippen molar-refractivity contribution in [3.8, 4) is 0 Å². The van der Waals surface area contributed by atoms with Crippen molar-refractivity contribution in [2.75, 3.05) is 7.11 Å². The molecule has 1 aromatic carbocycles. The largest absolute Gasteiger partial charge is 0.465 e. The number of furan rings is 1. The van der Waals surface area contributed by atoms with Gasteiger partial charge >= 0.3 is 12.1 Å². The Labute approximate surface area is 171 Å². The van der Waals surface area contributed by atoms with Crippen molar-refractivity contribution in [1.82, 2.24) is 0 Å². The van der Waals surface area contributed by atoms with Gasteiger partial charge in [-0.25, -0.2) is 4.79 Å². The van der Waals surface area contributed by atoms with E-state index in [9.17, 15) is 27.9 Å². The zero-order valence-corrected chi connectivity index (χ0v) is 16.6. The molecule has 1 aromatic heterocycles. The molecule has 152 valence electrons. The summed E-state index contributed by atoms with van der Waals surface area (Å²) < 4.78 is 50.6. The van der Waals surface area contributed by atoms with Crippen LogP contribution in [0.1, 0.15) is 38.7 Å². The van der Waals surface area contributed by atoms with E-state index in [-0.39, 0.29) is 26.4 Å². The molecule has 5 nitrogen and oxygen atoms in total. The normalized spacial score (nSPS) is 13.9. The standard InChI is InChI=1S/C17H12Cl3F3O5/c1-7-9(15(25)27-2)5-13(28-7)12(24)6-16(26,17(21,22)23)8-3-10(18)14(20)11(19)4-8/h3-5,26H,6H2,1-2H3. The van der Waals surface area contributed by atoms with Crippen LogP contribution in [0.15, 0.2) is 22.6 Å². The Morgan fingerprint density at radius 2 is 1.68 bits per heavy atom. The number of esters is 1. The minimum absolute atomic E-state index is 0.0247. The number of ketones is 1. The van der Waals surface area contributed by atoms with Crippen molar-refractivity contribution >= 4 is 46.6 Å². The van der Waals surface area contributed by atoms with Crippen LogP contribution in [0.4, 0.5) is 13.2 Å². The summed E-state index contributed by atoms with van der Waals surface area (Å²) in [6.45, 7) is 1.33. The summed E-state index contributed by atoms with van der Waals surface area (Å²) in [6, 6.07) is 2.48. The third-order valence-electron chi connectivity index (χ3n) is 3.94. The monoisotopic (exact) mass is 458 g/mol. The van der Waals surface area contributed by atoms with Gasteiger partial charge in [0.2, 0.25) is 5.78 Å². The molecule has 0 aliphatic heterocycles. The lowest BCUT2D eigenvalue weighted by Gasteiger charge is -2.30. The first kappa shape index (κ1) is 22.5. The van der Waals surface area contributed by atoms with E-state index in [1.807, 2.05) is 0 Å². The molecule has 0 saturated carbocycles. The van der Waals surface area contributed by atoms with E-state index >= 15 is 0 Å². The second kappa shape index (κ2) is 7.94. The van der Waals surface area contributed by atoms with Gasteiger partial charge in [-0.3, -0.25) is 4.79 Å². The summed E-state index contributed by atoms with van der Waals surface area (Å²) in [5, 5.41) is 9.52. The number of alkyl halides is 3. The number of rotatable bonds is 5. The molecule has 0 aliphatic rings. The van der Waals surface area contributed by atoms with E-state index in [0.717, 1.165) is 25.3 Å². The third kappa shape index (κ3) is 4.15. The first-order chi connectivity index (χ1) is 12.8. The number of aliphatic hydroxyl groups is 1. The third-order valence-corrected chi connectivity index (χ3v) is 5.14. The van der Waals surface area contributed by atoms with E-state index in [1.54, 1.807) is 0 Å². The Bertz CT molecular complexity index is 916. The van der Waals surface area contributed by atoms with Crippen molar-refractivity contribution in [2.45, 2.75) is 25.1 Å². The van der Waals surface area contributed by atoms with E-state index in [2.05, 4.69) is 4.74 Å². The fraction of sp³-hybridized carbons (Fsp3) is 0.294. The lowest BCUT2D eigenvalue weighted by molar-refractivity contribution is -0.264. The van der Waals surface area contributed by atoms with Crippen LogP contribution in [0, 0.1) is 6.92 Å². The first-order valence-electron chi connectivity index (χ1n) is 7.48. The second-order valence-corrected chi connectivity index (χ2v) is 6.98. The smallest absolute Gasteiger partial charge is 0.421 e. The predicted molar refractivity (Wildman–Crippen MR) is 95.2 cm³/mol. The number of benzene rings is 1. The number of Topliss-reactive ketones (excluding diaryl/α,β-unsaturated/α-hetero) is 1. The molecular weight excluding hydrogens is 448 g/mol. The van der Waals surface area contributed by atoms with Gasteiger partial charge < -0.3 is 14.3 Å². The molecule has 0 bridgehead atoms. The van der Waals surface area contributed by atoms with E-state index in [4.69, 9.17) is 39.2 Å². The number of hydrogen-bond acceptors (Lipinski definition) is 5. The van der Waals surface area contributed by atoms with Crippen LogP contribution in [0.3, 0.4) is 0 Å². The molecule has 0 spiro atoms. The number of aryl methyl sites for hydroxylation is 1. The van der Waals surface area contributed by atoms with Gasteiger partial charge in [0.05, 0.1) is 28.6 Å². The van der Waals surface area contributed by atoms with Gasteiger partial charge in [-0.15, -0.1) is 0 Å². The van der Waals surface area contributed by atoms with Gasteiger partial charge in [0, 0.05) is 6.07 Å². The van der Waals surface area contributed by atoms with Crippen LogP contribution in [0.2, 0.25) is 15.1 Å². The highest BCUT2D eigenvalue weighted by Crippen LogP contribution is 2.45. The summed E-state index contributed by atoms with van der Waals surface area (Å²) in [5.74, 6) is -2.61. The lowest BCUT2D eigenvalue weighted by Crippen LogP contribution is -2.44. The van der Waals surface area contributed by atoms with Crippen molar-refractivity contribution in [2.24, 2.45) is 0 Å². The van der Waals surface area contributed by atoms with Crippen LogP contribution < -0.4 is 0 Å². The topological polar surface area (TPSA) is 76.7 Å². The Balaban J connectivity index is 2.48. The van der Waals surface area contributed by atoms with Gasteiger partial charge in [-0.05, 0) is 24.6 Å². The quantitative estimate of drug-likeness (QED) is 0.370. The zero-order chi connectivity index (χ0) is 21.4. The Hall–Kier alpha value is -1.74. The van der Waals surface area contributed by atoms with Crippen LogP contribution >= 0.6 is 34.8 Å². The highest BCUT2D eigenvalue weighted by Gasteiger charge is 2.56. The Morgan fingerprint density at radius 1 is 1.14 bits per heavy atom. The molecule has 0 radical (unpaired) electrons. The molecule has 2 aromatic rings. The Morgan fingerprint density at radius 3 is 2.14 bits per heavy atom. The van der Waals surface area contributed by atoms with Crippen molar-refractivity contribution < 1.29 is 37.0 Å². The van der Waals surface area contributed by atoms with Gasteiger partial charge in [-0.1, -0.05) is 34.8 Å². The van der Waals surface area contributed by atoms with Crippen LogP contribution in [-0.2, 0) is 10.3 Å². The molecule has 0 aliphatic carbocycles. The van der Waals surface area contributed by atoms with E-state index < -0.39 is 41.3 Å². The SMILES string of the molecule is COC(=O)c1cc(C(=O)CC(O)(c2cc(Cl)c(Cl)c(Cl)c2)C(F)(F)F)oc1C. The summed E-state index contributed by atoms with van der Waals surface area (Å²) >= 11 is 17.2. The highest BCUT2D eigenvalue weighted by atomic mass is 35.5. The molecule has 28 heavy (non-hydrogen) atoms. The summed E-state index contributed by atoms with van der Waals surface area (Å²) in [5.41, 5.74) is -4.53. The maximum absolute atomic E-state index is 13.7. The molecule has 1 unspecified atom stereocenters. The zero-order valence-electron chi connectivity index (χ0n) is 14.3. The number of hydrogen-bond donors (Lipinski definition) is 1. The number of carbonyl (C=O) groups is 2.